The van der Waals surface area contributed by atoms with E-state index in [1.165, 1.54) is 6.07 Å². The van der Waals surface area contributed by atoms with Crippen LogP contribution in [0, 0.1) is 5.82 Å². The molecule has 7 heteroatoms. The average molecular weight is 438 g/mol. The smallest absolute Gasteiger partial charge is 0.191 e. The van der Waals surface area contributed by atoms with Gasteiger partial charge in [-0.15, -0.1) is 24.0 Å². The molecular formula is C16H28FIN4O. The summed E-state index contributed by atoms with van der Waals surface area (Å²) in [5.74, 6) is 0.573. The molecule has 0 saturated heterocycles. The van der Waals surface area contributed by atoms with E-state index in [1.54, 1.807) is 26.3 Å². The molecule has 0 radical (unpaired) electrons. The van der Waals surface area contributed by atoms with Crippen LogP contribution >= 0.6 is 24.0 Å². The van der Waals surface area contributed by atoms with Crippen LogP contribution in [-0.4, -0.2) is 64.9 Å². The SMILES string of the molecule is CN=C(NCCc1ccccc1F)NCCN(C)CCOC.I. The predicted octanol–water partition coefficient (Wildman–Crippen LogP) is 1.73. The quantitative estimate of drug-likeness (QED) is 0.351. The molecule has 1 rings (SSSR count). The number of halogens is 2. The van der Waals surface area contributed by atoms with Gasteiger partial charge in [0.05, 0.1) is 6.61 Å². The fourth-order valence-corrected chi connectivity index (χ4v) is 1.96. The first-order valence-electron chi connectivity index (χ1n) is 7.52. The van der Waals surface area contributed by atoms with Crippen LogP contribution in [0.2, 0.25) is 0 Å². The summed E-state index contributed by atoms with van der Waals surface area (Å²) in [5, 5.41) is 6.43. The van der Waals surface area contributed by atoms with Crippen molar-refractivity contribution in [1.29, 1.82) is 0 Å². The number of aliphatic imine (C=N–C) groups is 1. The number of benzene rings is 1. The highest BCUT2D eigenvalue weighted by Crippen LogP contribution is 2.05. The molecule has 0 amide bonds. The van der Waals surface area contributed by atoms with Gasteiger partial charge in [-0.2, -0.15) is 0 Å². The number of likely N-dealkylation sites (N-methyl/N-ethyl adjacent to an activating group) is 1. The van der Waals surface area contributed by atoms with Gasteiger partial charge in [-0.1, -0.05) is 18.2 Å². The zero-order chi connectivity index (χ0) is 16.2. The standard InChI is InChI=1S/C16H27FN4O.HI/c1-18-16(20-10-11-21(2)12-13-22-3)19-9-8-14-6-4-5-7-15(14)17;/h4-7H,8-13H2,1-3H3,(H2,18,19,20);1H. The van der Waals surface area contributed by atoms with Gasteiger partial charge in [0.25, 0.3) is 0 Å². The molecular weight excluding hydrogens is 410 g/mol. The van der Waals surface area contributed by atoms with Gasteiger partial charge in [0.2, 0.25) is 0 Å². The Bertz CT molecular complexity index is 459. The van der Waals surface area contributed by atoms with Gasteiger partial charge < -0.3 is 20.3 Å². The van der Waals surface area contributed by atoms with Gasteiger partial charge in [0, 0.05) is 40.3 Å². The molecule has 0 aliphatic carbocycles. The van der Waals surface area contributed by atoms with E-state index in [-0.39, 0.29) is 29.8 Å². The van der Waals surface area contributed by atoms with E-state index in [0.717, 1.165) is 32.2 Å². The number of methoxy groups -OCH3 is 1. The first-order chi connectivity index (χ1) is 10.7. The summed E-state index contributed by atoms with van der Waals surface area (Å²) in [6.45, 7) is 3.96. The van der Waals surface area contributed by atoms with Crippen molar-refractivity contribution in [1.82, 2.24) is 15.5 Å². The highest BCUT2D eigenvalue weighted by molar-refractivity contribution is 14.0. The average Bonchev–Trinajstić information content (AvgIpc) is 2.53. The number of hydrogen-bond donors (Lipinski definition) is 2. The summed E-state index contributed by atoms with van der Waals surface area (Å²) in [6, 6.07) is 6.84. The van der Waals surface area contributed by atoms with Crippen molar-refractivity contribution in [3.8, 4) is 0 Å². The topological polar surface area (TPSA) is 48.9 Å². The van der Waals surface area contributed by atoms with E-state index in [2.05, 4.69) is 27.6 Å². The Labute approximate surface area is 155 Å². The highest BCUT2D eigenvalue weighted by Gasteiger charge is 2.02. The Morgan fingerprint density at radius 2 is 1.91 bits per heavy atom. The molecule has 1 aromatic rings. The summed E-state index contributed by atoms with van der Waals surface area (Å²) in [4.78, 5) is 6.34. The lowest BCUT2D eigenvalue weighted by Gasteiger charge is -2.17. The monoisotopic (exact) mass is 438 g/mol. The van der Waals surface area contributed by atoms with Crippen LogP contribution in [0.1, 0.15) is 5.56 Å². The molecule has 1 aromatic carbocycles. The lowest BCUT2D eigenvalue weighted by Crippen LogP contribution is -2.42. The van der Waals surface area contributed by atoms with Crippen LogP contribution in [0.4, 0.5) is 4.39 Å². The van der Waals surface area contributed by atoms with Crippen LogP contribution in [0.3, 0.4) is 0 Å². The Kier molecular flexibility index (Phi) is 13.0. The Hall–Kier alpha value is -0.930. The Balaban J connectivity index is 0.00000484. The summed E-state index contributed by atoms with van der Waals surface area (Å²) < 4.78 is 18.5. The van der Waals surface area contributed by atoms with Crippen LogP contribution in [0.25, 0.3) is 0 Å². The molecule has 0 heterocycles. The molecule has 0 aliphatic heterocycles. The molecule has 0 spiro atoms. The van der Waals surface area contributed by atoms with Crippen LogP contribution in [0.5, 0.6) is 0 Å². The molecule has 5 nitrogen and oxygen atoms in total. The van der Waals surface area contributed by atoms with Crippen molar-refractivity contribution in [3.63, 3.8) is 0 Å². The van der Waals surface area contributed by atoms with Crippen molar-refractivity contribution in [2.45, 2.75) is 6.42 Å². The summed E-state index contributed by atoms with van der Waals surface area (Å²) in [5.41, 5.74) is 0.713. The second-order valence-corrected chi connectivity index (χ2v) is 5.06. The van der Waals surface area contributed by atoms with Gasteiger partial charge >= 0.3 is 0 Å². The zero-order valence-corrected chi connectivity index (χ0v) is 16.5. The molecule has 2 N–H and O–H groups in total. The lowest BCUT2D eigenvalue weighted by molar-refractivity contribution is 0.162. The number of nitrogens with one attached hydrogen (secondary N) is 2. The minimum atomic E-state index is -0.160. The fraction of sp³-hybridized carbons (Fsp3) is 0.562. The van der Waals surface area contributed by atoms with E-state index in [0.29, 0.717) is 18.5 Å². The molecule has 0 atom stereocenters. The minimum Gasteiger partial charge on any atom is -0.383 e. The zero-order valence-electron chi connectivity index (χ0n) is 14.1. The van der Waals surface area contributed by atoms with Crippen LogP contribution < -0.4 is 10.6 Å². The van der Waals surface area contributed by atoms with E-state index in [9.17, 15) is 4.39 Å². The lowest BCUT2D eigenvalue weighted by atomic mass is 10.1. The molecule has 0 aliphatic rings. The first kappa shape index (κ1) is 22.1. The summed E-state index contributed by atoms with van der Waals surface area (Å²) >= 11 is 0. The van der Waals surface area contributed by atoms with Crippen molar-refractivity contribution < 1.29 is 9.13 Å². The van der Waals surface area contributed by atoms with Gasteiger partial charge in [-0.05, 0) is 25.1 Å². The maximum atomic E-state index is 13.5. The molecule has 0 unspecified atom stereocenters. The molecule has 0 fully saturated rings. The van der Waals surface area contributed by atoms with Crippen molar-refractivity contribution in [2.24, 2.45) is 4.99 Å². The van der Waals surface area contributed by atoms with Crippen molar-refractivity contribution >= 4 is 29.9 Å². The number of rotatable bonds is 9. The number of nitrogens with zero attached hydrogens (tertiary/aromatic N) is 2. The third-order valence-electron chi connectivity index (χ3n) is 3.33. The molecule has 23 heavy (non-hydrogen) atoms. The summed E-state index contributed by atoms with van der Waals surface area (Å²) in [6.07, 6.45) is 0.626. The first-order valence-corrected chi connectivity index (χ1v) is 7.52. The van der Waals surface area contributed by atoms with E-state index < -0.39 is 0 Å². The largest absolute Gasteiger partial charge is 0.383 e. The predicted molar refractivity (Wildman–Crippen MR) is 104 cm³/mol. The van der Waals surface area contributed by atoms with Crippen LogP contribution in [0.15, 0.2) is 29.3 Å². The fourth-order valence-electron chi connectivity index (χ4n) is 1.96. The van der Waals surface area contributed by atoms with Gasteiger partial charge in [-0.25, -0.2) is 4.39 Å². The van der Waals surface area contributed by atoms with Crippen molar-refractivity contribution in [3.05, 3.63) is 35.6 Å². The number of hydrogen-bond acceptors (Lipinski definition) is 3. The molecule has 132 valence electrons. The third kappa shape index (κ3) is 9.72. The van der Waals surface area contributed by atoms with E-state index >= 15 is 0 Å². The molecule has 0 bridgehead atoms. The Morgan fingerprint density at radius 3 is 2.57 bits per heavy atom. The van der Waals surface area contributed by atoms with Crippen LogP contribution in [-0.2, 0) is 11.2 Å². The maximum absolute atomic E-state index is 13.5. The second kappa shape index (κ2) is 13.5. The maximum Gasteiger partial charge on any atom is 0.191 e. The van der Waals surface area contributed by atoms with Gasteiger partial charge in [0.15, 0.2) is 5.96 Å². The van der Waals surface area contributed by atoms with Gasteiger partial charge in [-0.3, -0.25) is 4.99 Å². The van der Waals surface area contributed by atoms with Crippen molar-refractivity contribution in [2.75, 3.05) is 54.0 Å². The normalized spacial score (nSPS) is 11.3. The second-order valence-electron chi connectivity index (χ2n) is 5.06. The summed E-state index contributed by atoms with van der Waals surface area (Å²) in [7, 11) is 5.48. The molecule has 0 saturated carbocycles. The van der Waals surface area contributed by atoms with E-state index in [4.69, 9.17) is 4.74 Å². The minimum absolute atomic E-state index is 0. The van der Waals surface area contributed by atoms with Gasteiger partial charge in [0.1, 0.15) is 5.82 Å². The highest BCUT2D eigenvalue weighted by atomic mass is 127. The van der Waals surface area contributed by atoms with E-state index in [1.807, 2.05) is 6.07 Å². The number of guanidine groups is 1. The number of ether oxygens (including phenoxy) is 1. The third-order valence-corrected chi connectivity index (χ3v) is 3.33. The molecule has 0 aromatic heterocycles. The Morgan fingerprint density at radius 1 is 1.22 bits per heavy atom.